The van der Waals surface area contributed by atoms with E-state index in [0.717, 1.165) is 49.5 Å². The zero-order valence-electron chi connectivity index (χ0n) is 20.9. The first kappa shape index (κ1) is 33.2. The van der Waals surface area contributed by atoms with Gasteiger partial charge in [-0.05, 0) is 76.4 Å². The molecule has 0 atom stereocenters. The Morgan fingerprint density at radius 3 is 2.19 bits per heavy atom. The minimum absolute atomic E-state index is 0.208. The number of allylic oxidation sites excluding steroid dienone is 4. The van der Waals surface area contributed by atoms with Crippen molar-refractivity contribution in [3.8, 4) is 0 Å². The average molecular weight is 508 g/mol. The molecule has 0 aliphatic carbocycles. The van der Waals surface area contributed by atoms with E-state index >= 15 is 0 Å². The van der Waals surface area contributed by atoms with Gasteiger partial charge in [0.1, 0.15) is 5.82 Å². The first-order chi connectivity index (χ1) is 15.1. The third kappa shape index (κ3) is 14.9. The fourth-order valence-corrected chi connectivity index (χ4v) is 3.40. The van der Waals surface area contributed by atoms with Gasteiger partial charge >= 0.3 is 0 Å². The molecule has 6 heteroatoms. The highest BCUT2D eigenvalue weighted by atomic mass is 35.5. The molecule has 0 aliphatic rings. The molecule has 32 heavy (non-hydrogen) atoms. The van der Waals surface area contributed by atoms with Crippen LogP contribution in [-0.4, -0.2) is 32.1 Å². The van der Waals surface area contributed by atoms with Gasteiger partial charge in [-0.25, -0.2) is 4.39 Å². The average Bonchev–Trinajstić information content (AvgIpc) is 2.76. The minimum Gasteiger partial charge on any atom is -0.369 e. The van der Waals surface area contributed by atoms with Crippen LogP contribution in [0.25, 0.3) is 0 Å². The fraction of sp³-hybridized carbons (Fsp3) is 0.538. The molecule has 1 N–H and O–H groups in total. The summed E-state index contributed by atoms with van der Waals surface area (Å²) in [6.07, 6.45) is 7.87. The SMILES string of the molecule is C=C/C(Cl)=C(\C(Cl)=C/C)N(CCC)CCCC(C)C.CCc1ccc(F)c(Cl)c1.CNC. The molecule has 1 rings (SSSR count). The van der Waals surface area contributed by atoms with E-state index in [1.54, 1.807) is 18.2 Å². The van der Waals surface area contributed by atoms with Gasteiger partial charge in [-0.1, -0.05) is 81.2 Å². The number of hydrogen-bond donors (Lipinski definition) is 1. The second-order valence-corrected chi connectivity index (χ2v) is 8.88. The van der Waals surface area contributed by atoms with Gasteiger partial charge in [-0.3, -0.25) is 0 Å². The van der Waals surface area contributed by atoms with Crippen LogP contribution in [0.1, 0.15) is 59.4 Å². The molecule has 0 heterocycles. The molecule has 184 valence electrons. The van der Waals surface area contributed by atoms with Crippen molar-refractivity contribution < 1.29 is 4.39 Å². The molecular formula is C26H42Cl3FN2. The molecule has 1 aromatic carbocycles. The Bertz CT molecular complexity index is 700. The Hall–Kier alpha value is -1.00. The quantitative estimate of drug-likeness (QED) is 0.318. The third-order valence-electron chi connectivity index (χ3n) is 4.30. The molecule has 0 aromatic heterocycles. The highest BCUT2D eigenvalue weighted by Gasteiger charge is 2.15. The molecule has 0 bridgehead atoms. The largest absolute Gasteiger partial charge is 0.369 e. The lowest BCUT2D eigenvalue weighted by molar-refractivity contribution is 0.333. The number of nitrogens with one attached hydrogen (secondary N) is 1. The van der Waals surface area contributed by atoms with E-state index in [-0.39, 0.29) is 10.8 Å². The zero-order valence-corrected chi connectivity index (χ0v) is 23.1. The van der Waals surface area contributed by atoms with Crippen molar-refractivity contribution in [3.63, 3.8) is 0 Å². The Kier molecular flexibility index (Phi) is 21.4. The van der Waals surface area contributed by atoms with Crippen LogP contribution in [0, 0.1) is 11.7 Å². The van der Waals surface area contributed by atoms with Crippen molar-refractivity contribution in [2.75, 3.05) is 27.2 Å². The van der Waals surface area contributed by atoms with Gasteiger partial charge in [-0.2, -0.15) is 0 Å². The van der Waals surface area contributed by atoms with Gasteiger partial charge < -0.3 is 10.2 Å². The van der Waals surface area contributed by atoms with Crippen molar-refractivity contribution >= 4 is 34.8 Å². The summed E-state index contributed by atoms with van der Waals surface area (Å²) in [6.45, 7) is 16.3. The van der Waals surface area contributed by atoms with E-state index in [1.165, 1.54) is 12.5 Å². The number of hydrogen-bond acceptors (Lipinski definition) is 2. The normalized spacial score (nSPS) is 11.7. The molecule has 0 fully saturated rings. The lowest BCUT2D eigenvalue weighted by atomic mass is 10.1. The first-order valence-corrected chi connectivity index (χ1v) is 12.4. The summed E-state index contributed by atoms with van der Waals surface area (Å²) in [5, 5.41) is 4.28. The maximum atomic E-state index is 12.5. The molecule has 2 nitrogen and oxygen atoms in total. The van der Waals surface area contributed by atoms with Crippen molar-refractivity contribution in [2.45, 2.75) is 60.3 Å². The van der Waals surface area contributed by atoms with Crippen LogP contribution in [0.2, 0.25) is 5.02 Å². The van der Waals surface area contributed by atoms with E-state index < -0.39 is 0 Å². The van der Waals surface area contributed by atoms with Crippen molar-refractivity contribution in [1.29, 1.82) is 0 Å². The zero-order chi connectivity index (χ0) is 25.1. The maximum absolute atomic E-state index is 12.5. The monoisotopic (exact) mass is 506 g/mol. The van der Waals surface area contributed by atoms with E-state index in [9.17, 15) is 4.39 Å². The summed E-state index contributed by atoms with van der Waals surface area (Å²) in [4.78, 5) is 2.27. The van der Waals surface area contributed by atoms with Gasteiger partial charge in [0.25, 0.3) is 0 Å². The van der Waals surface area contributed by atoms with Crippen LogP contribution in [0.4, 0.5) is 4.39 Å². The maximum Gasteiger partial charge on any atom is 0.141 e. The van der Waals surface area contributed by atoms with Crippen molar-refractivity contribution in [3.05, 3.63) is 69.1 Å². The summed E-state index contributed by atoms with van der Waals surface area (Å²) in [7, 11) is 3.75. The Morgan fingerprint density at radius 1 is 1.19 bits per heavy atom. The molecule has 0 amide bonds. The second-order valence-electron chi connectivity index (χ2n) is 7.66. The summed E-state index contributed by atoms with van der Waals surface area (Å²) >= 11 is 18.1. The van der Waals surface area contributed by atoms with Gasteiger partial charge in [-0.15, -0.1) is 0 Å². The van der Waals surface area contributed by atoms with Crippen LogP contribution in [-0.2, 0) is 6.42 Å². The van der Waals surface area contributed by atoms with Crippen molar-refractivity contribution in [1.82, 2.24) is 10.2 Å². The van der Waals surface area contributed by atoms with Gasteiger partial charge in [0, 0.05) is 13.1 Å². The number of rotatable bonds is 10. The van der Waals surface area contributed by atoms with Gasteiger partial charge in [0.15, 0.2) is 0 Å². The topological polar surface area (TPSA) is 15.3 Å². The second kappa shape index (κ2) is 20.6. The predicted molar refractivity (Wildman–Crippen MR) is 144 cm³/mol. The summed E-state index contributed by atoms with van der Waals surface area (Å²) < 4.78 is 12.5. The number of nitrogens with zero attached hydrogens (tertiary/aromatic N) is 1. The highest BCUT2D eigenvalue weighted by Crippen LogP contribution is 2.26. The van der Waals surface area contributed by atoms with Crippen LogP contribution in [0.3, 0.4) is 0 Å². The van der Waals surface area contributed by atoms with E-state index in [2.05, 4.69) is 37.6 Å². The van der Waals surface area contributed by atoms with Crippen LogP contribution in [0.15, 0.2) is 52.7 Å². The van der Waals surface area contributed by atoms with Crippen molar-refractivity contribution in [2.24, 2.45) is 5.92 Å². The van der Waals surface area contributed by atoms with Crippen LogP contribution < -0.4 is 5.32 Å². The lowest BCUT2D eigenvalue weighted by Gasteiger charge is -2.28. The minimum atomic E-state index is -0.348. The molecule has 0 saturated carbocycles. The smallest absolute Gasteiger partial charge is 0.141 e. The van der Waals surface area contributed by atoms with E-state index in [1.807, 2.05) is 34.0 Å². The lowest BCUT2D eigenvalue weighted by Crippen LogP contribution is -2.26. The summed E-state index contributed by atoms with van der Waals surface area (Å²) in [5.41, 5.74) is 1.97. The third-order valence-corrected chi connectivity index (χ3v) is 5.32. The van der Waals surface area contributed by atoms with E-state index in [4.69, 9.17) is 34.8 Å². The van der Waals surface area contributed by atoms with Gasteiger partial charge in [0.05, 0.1) is 20.8 Å². The Labute approximate surface area is 211 Å². The molecule has 0 radical (unpaired) electrons. The predicted octanol–water partition coefficient (Wildman–Crippen LogP) is 8.79. The fourth-order valence-electron chi connectivity index (χ4n) is 2.70. The Balaban J connectivity index is 0. The molecule has 0 aliphatic heterocycles. The van der Waals surface area contributed by atoms with Crippen LogP contribution in [0.5, 0.6) is 0 Å². The van der Waals surface area contributed by atoms with Crippen LogP contribution >= 0.6 is 34.8 Å². The first-order valence-electron chi connectivity index (χ1n) is 11.2. The van der Waals surface area contributed by atoms with Gasteiger partial charge in [0.2, 0.25) is 0 Å². The molecule has 0 spiro atoms. The molecule has 1 aromatic rings. The standard InChI is InChI=1S/C16H27Cl2N.C8H8ClF.C2H7N/c1-6-11-19(12-9-10-13(4)5)16(14(17)7-2)15(18)8-3;1-2-6-3-4-8(10)7(9)5-6;1-3-2/h7-8,13H,2,6,9-12H2,1,3-5H3;3-5H,2H2,1H3;3H,1-2H3/b15-8+,16-14-;;. The molecule has 0 saturated heterocycles. The number of aryl methyl sites for hydroxylation is 1. The molecular weight excluding hydrogens is 466 g/mol. The summed E-state index contributed by atoms with van der Waals surface area (Å²) in [6, 6.07) is 4.78. The Morgan fingerprint density at radius 2 is 1.78 bits per heavy atom. The molecule has 0 unspecified atom stereocenters. The highest BCUT2D eigenvalue weighted by molar-refractivity contribution is 6.36. The number of benzene rings is 1. The number of halogens is 4. The van der Waals surface area contributed by atoms with E-state index in [0.29, 0.717) is 10.1 Å². The summed E-state index contributed by atoms with van der Waals surface area (Å²) in [5.74, 6) is 0.377.